The Labute approximate surface area is 102 Å². The molecule has 0 spiro atoms. The maximum atomic E-state index is 5.35. The Kier molecular flexibility index (Phi) is 3.12. The number of para-hydroxylation sites is 1. The van der Waals surface area contributed by atoms with Crippen LogP contribution in [-0.4, -0.2) is 7.11 Å². The largest absolute Gasteiger partial charge is 0.496 e. The molecular weight excluding hydrogens is 272 g/mol. The van der Waals surface area contributed by atoms with Crippen LogP contribution in [0.4, 0.5) is 0 Å². The molecule has 0 amide bonds. The quantitative estimate of drug-likeness (QED) is 0.788. The second kappa shape index (κ2) is 4.37. The van der Waals surface area contributed by atoms with Gasteiger partial charge in [0.05, 0.1) is 7.11 Å². The first-order chi connectivity index (χ1) is 7.24. The van der Waals surface area contributed by atoms with E-state index in [1.165, 1.54) is 10.4 Å². The summed E-state index contributed by atoms with van der Waals surface area (Å²) < 4.78 is 6.51. The van der Waals surface area contributed by atoms with Crippen LogP contribution in [-0.2, 0) is 0 Å². The third-order valence-electron chi connectivity index (χ3n) is 2.30. The first kappa shape index (κ1) is 10.7. The third-order valence-corrected chi connectivity index (χ3v) is 4.49. The van der Waals surface area contributed by atoms with Crippen molar-refractivity contribution in [3.05, 3.63) is 39.0 Å². The average molecular weight is 283 g/mol. The van der Waals surface area contributed by atoms with Crippen molar-refractivity contribution in [1.29, 1.82) is 0 Å². The number of hydrogen-bond donors (Lipinski definition) is 0. The Hall–Kier alpha value is -0.800. The predicted octanol–water partition coefficient (Wildman–Crippen LogP) is 4.49. The molecule has 2 rings (SSSR count). The van der Waals surface area contributed by atoms with E-state index < -0.39 is 0 Å². The molecule has 0 fully saturated rings. The third kappa shape index (κ3) is 1.94. The fourth-order valence-corrected chi connectivity index (χ4v) is 3.00. The summed E-state index contributed by atoms with van der Waals surface area (Å²) in [4.78, 5) is 1.29. The van der Waals surface area contributed by atoms with Crippen molar-refractivity contribution in [1.82, 2.24) is 0 Å². The Morgan fingerprint density at radius 1 is 1.20 bits per heavy atom. The van der Waals surface area contributed by atoms with E-state index in [4.69, 9.17) is 4.74 Å². The van der Waals surface area contributed by atoms with Crippen molar-refractivity contribution in [3.8, 4) is 16.9 Å². The van der Waals surface area contributed by atoms with Crippen molar-refractivity contribution < 1.29 is 4.74 Å². The van der Waals surface area contributed by atoms with E-state index in [-0.39, 0.29) is 0 Å². The molecule has 0 radical (unpaired) electrons. The molecule has 0 atom stereocenters. The van der Waals surface area contributed by atoms with Gasteiger partial charge in [0.2, 0.25) is 0 Å². The van der Waals surface area contributed by atoms with E-state index >= 15 is 0 Å². The molecule has 78 valence electrons. The van der Waals surface area contributed by atoms with E-state index in [9.17, 15) is 0 Å². The van der Waals surface area contributed by atoms with Crippen LogP contribution in [0.5, 0.6) is 5.75 Å². The highest BCUT2D eigenvalue weighted by atomic mass is 79.9. The van der Waals surface area contributed by atoms with Gasteiger partial charge in [0.15, 0.2) is 0 Å². The molecule has 2 aromatic rings. The van der Waals surface area contributed by atoms with Gasteiger partial charge in [-0.25, -0.2) is 0 Å². The molecule has 1 heterocycles. The zero-order valence-corrected chi connectivity index (χ0v) is 11.0. The minimum atomic E-state index is 0.913. The normalized spacial score (nSPS) is 10.3. The van der Waals surface area contributed by atoms with Gasteiger partial charge in [0.1, 0.15) is 5.75 Å². The van der Waals surface area contributed by atoms with Crippen molar-refractivity contribution >= 4 is 27.3 Å². The van der Waals surface area contributed by atoms with Crippen molar-refractivity contribution in [3.63, 3.8) is 0 Å². The summed E-state index contributed by atoms with van der Waals surface area (Å²) in [5.74, 6) is 0.913. The lowest BCUT2D eigenvalue weighted by Crippen LogP contribution is -1.86. The zero-order chi connectivity index (χ0) is 10.8. The Bertz CT molecular complexity index is 476. The molecule has 0 saturated carbocycles. The Morgan fingerprint density at radius 2 is 1.93 bits per heavy atom. The standard InChI is InChI=1S/C12H11BrOS/c1-8-12(13)10(7-15-8)9-5-3-4-6-11(9)14-2/h3-7H,1-2H3. The monoisotopic (exact) mass is 282 g/mol. The number of halogens is 1. The highest BCUT2D eigenvalue weighted by molar-refractivity contribution is 9.10. The van der Waals surface area contributed by atoms with Gasteiger partial charge in [-0.15, -0.1) is 11.3 Å². The van der Waals surface area contributed by atoms with Crippen molar-refractivity contribution in [2.75, 3.05) is 7.11 Å². The summed E-state index contributed by atoms with van der Waals surface area (Å²) in [6.45, 7) is 2.10. The molecule has 0 aliphatic carbocycles. The highest BCUT2D eigenvalue weighted by Crippen LogP contribution is 2.39. The molecule has 1 aromatic heterocycles. The van der Waals surface area contributed by atoms with Crippen LogP contribution in [0.25, 0.3) is 11.1 Å². The number of ether oxygens (including phenoxy) is 1. The molecule has 0 bridgehead atoms. The first-order valence-electron chi connectivity index (χ1n) is 4.61. The van der Waals surface area contributed by atoms with Crippen LogP contribution in [0.1, 0.15) is 4.88 Å². The minimum Gasteiger partial charge on any atom is -0.496 e. The van der Waals surface area contributed by atoms with Gasteiger partial charge in [0.25, 0.3) is 0 Å². The maximum absolute atomic E-state index is 5.35. The Morgan fingerprint density at radius 3 is 2.53 bits per heavy atom. The molecule has 1 aromatic carbocycles. The summed E-state index contributed by atoms with van der Waals surface area (Å²) in [6.07, 6.45) is 0. The van der Waals surface area contributed by atoms with Crippen molar-refractivity contribution in [2.45, 2.75) is 6.92 Å². The van der Waals surface area contributed by atoms with Crippen LogP contribution in [0, 0.1) is 6.92 Å². The smallest absolute Gasteiger partial charge is 0.126 e. The molecule has 0 saturated heterocycles. The van der Waals surface area contributed by atoms with E-state index in [0.29, 0.717) is 0 Å². The molecular formula is C12H11BrOS. The summed E-state index contributed by atoms with van der Waals surface area (Å²) >= 11 is 5.35. The number of hydrogen-bond acceptors (Lipinski definition) is 2. The number of thiophene rings is 1. The van der Waals surface area contributed by atoms with Gasteiger partial charge in [0, 0.05) is 25.9 Å². The van der Waals surface area contributed by atoms with Crippen LogP contribution in [0.3, 0.4) is 0 Å². The molecule has 0 aliphatic heterocycles. The summed E-state index contributed by atoms with van der Waals surface area (Å²) in [5, 5.41) is 2.15. The SMILES string of the molecule is COc1ccccc1-c1csc(C)c1Br. The lowest BCUT2D eigenvalue weighted by atomic mass is 10.1. The van der Waals surface area contributed by atoms with Gasteiger partial charge in [-0.05, 0) is 28.9 Å². The Balaban J connectivity index is 2.58. The van der Waals surface area contributed by atoms with E-state index in [1.54, 1.807) is 18.4 Å². The zero-order valence-electron chi connectivity index (χ0n) is 8.58. The molecule has 3 heteroatoms. The lowest BCUT2D eigenvalue weighted by Gasteiger charge is -2.06. The second-order valence-corrected chi connectivity index (χ2v) is 5.10. The van der Waals surface area contributed by atoms with Crippen LogP contribution in [0.15, 0.2) is 34.1 Å². The predicted molar refractivity (Wildman–Crippen MR) is 68.7 cm³/mol. The lowest BCUT2D eigenvalue weighted by molar-refractivity contribution is 0.416. The van der Waals surface area contributed by atoms with Crippen LogP contribution >= 0.6 is 27.3 Å². The number of methoxy groups -OCH3 is 1. The van der Waals surface area contributed by atoms with Crippen molar-refractivity contribution in [2.24, 2.45) is 0 Å². The fraction of sp³-hybridized carbons (Fsp3) is 0.167. The number of rotatable bonds is 2. The van der Waals surface area contributed by atoms with Gasteiger partial charge in [-0.2, -0.15) is 0 Å². The minimum absolute atomic E-state index is 0.913. The molecule has 0 N–H and O–H groups in total. The number of aryl methyl sites for hydroxylation is 1. The first-order valence-corrected chi connectivity index (χ1v) is 6.28. The van der Waals surface area contributed by atoms with Gasteiger partial charge in [-0.1, -0.05) is 18.2 Å². The fourth-order valence-electron chi connectivity index (χ4n) is 1.49. The highest BCUT2D eigenvalue weighted by Gasteiger charge is 2.11. The van der Waals surface area contributed by atoms with E-state index in [2.05, 4.69) is 34.3 Å². The second-order valence-electron chi connectivity index (χ2n) is 3.22. The summed E-state index contributed by atoms with van der Waals surface area (Å²) in [6, 6.07) is 8.06. The topological polar surface area (TPSA) is 9.23 Å². The van der Waals surface area contributed by atoms with Crippen LogP contribution in [0.2, 0.25) is 0 Å². The average Bonchev–Trinajstić information content (AvgIpc) is 2.60. The van der Waals surface area contributed by atoms with Gasteiger partial charge in [-0.3, -0.25) is 0 Å². The maximum Gasteiger partial charge on any atom is 0.126 e. The summed E-state index contributed by atoms with van der Waals surface area (Å²) in [5.41, 5.74) is 2.34. The molecule has 1 nitrogen and oxygen atoms in total. The van der Waals surface area contributed by atoms with E-state index in [1.807, 2.05) is 18.2 Å². The van der Waals surface area contributed by atoms with Gasteiger partial charge < -0.3 is 4.74 Å². The molecule has 0 aliphatic rings. The van der Waals surface area contributed by atoms with E-state index in [0.717, 1.165) is 15.8 Å². The van der Waals surface area contributed by atoms with Gasteiger partial charge >= 0.3 is 0 Å². The molecule has 15 heavy (non-hydrogen) atoms. The number of benzene rings is 1. The molecule has 0 unspecified atom stereocenters. The summed E-state index contributed by atoms with van der Waals surface area (Å²) in [7, 11) is 1.70. The van der Waals surface area contributed by atoms with Crippen LogP contribution < -0.4 is 4.74 Å².